The Bertz CT molecular complexity index is 1200. The van der Waals surface area contributed by atoms with Crippen LogP contribution in [0.2, 0.25) is 5.02 Å². The van der Waals surface area contributed by atoms with Gasteiger partial charge in [0.2, 0.25) is 5.91 Å². The van der Waals surface area contributed by atoms with Crippen LogP contribution in [-0.4, -0.2) is 40.7 Å². The summed E-state index contributed by atoms with van der Waals surface area (Å²) in [7, 11) is -3.76. The van der Waals surface area contributed by atoms with E-state index >= 15 is 0 Å². The number of carbonyl (C=O) groups is 1. The molecule has 2 aromatic carbocycles. The second-order valence-corrected chi connectivity index (χ2v) is 13.0. The molecule has 1 saturated heterocycles. The molecular formula is C26H30ClNO5S. The highest BCUT2D eigenvalue weighted by molar-refractivity contribution is 7.92. The van der Waals surface area contributed by atoms with E-state index in [0.717, 1.165) is 18.5 Å². The van der Waals surface area contributed by atoms with E-state index in [1.165, 1.54) is 0 Å². The second kappa shape index (κ2) is 8.54. The predicted octanol–water partition coefficient (Wildman–Crippen LogP) is 4.98. The van der Waals surface area contributed by atoms with E-state index in [4.69, 9.17) is 21.1 Å². The summed E-state index contributed by atoms with van der Waals surface area (Å²) in [6, 6.07) is 11.9. The lowest BCUT2D eigenvalue weighted by molar-refractivity contribution is -0.127. The third-order valence-electron chi connectivity index (χ3n) is 7.27. The maximum Gasteiger partial charge on any atom is 0.236 e. The molecule has 0 radical (unpaired) electrons. The fraction of sp³-hybridized carbons (Fsp3) is 0.500. The first kappa shape index (κ1) is 23.6. The molecule has 2 aromatic rings. The van der Waals surface area contributed by atoms with Gasteiger partial charge >= 0.3 is 0 Å². The fourth-order valence-corrected chi connectivity index (χ4v) is 7.14. The summed E-state index contributed by atoms with van der Waals surface area (Å²) in [4.78, 5) is 15.4. The summed E-state index contributed by atoms with van der Waals surface area (Å²) in [6.07, 6.45) is 2.93. The van der Waals surface area contributed by atoms with Crippen LogP contribution in [0.15, 0.2) is 47.4 Å². The zero-order valence-electron chi connectivity index (χ0n) is 19.6. The van der Waals surface area contributed by atoms with Crippen molar-refractivity contribution in [3.63, 3.8) is 0 Å². The first-order valence-electron chi connectivity index (χ1n) is 11.8. The Morgan fingerprint density at radius 1 is 1.06 bits per heavy atom. The Morgan fingerprint density at radius 2 is 1.74 bits per heavy atom. The van der Waals surface area contributed by atoms with Crippen LogP contribution in [0.25, 0.3) is 0 Å². The van der Waals surface area contributed by atoms with E-state index in [1.807, 2.05) is 36.9 Å². The average molecular weight is 504 g/mol. The smallest absolute Gasteiger partial charge is 0.236 e. The second-order valence-electron chi connectivity index (χ2n) is 10.3. The van der Waals surface area contributed by atoms with Crippen LogP contribution in [0.3, 0.4) is 0 Å². The zero-order chi connectivity index (χ0) is 24.1. The maximum atomic E-state index is 14.0. The SMILES string of the molecule is CC1(C)COc2cc(C3(S(=O)(=O)c4ccc(Cl)cc4)CCOCC3)ccc2N(CC2CC2)C1=O. The van der Waals surface area contributed by atoms with Crippen LogP contribution in [-0.2, 0) is 24.1 Å². The fourth-order valence-electron chi connectivity index (χ4n) is 4.92. The number of benzene rings is 2. The molecule has 0 unspecified atom stereocenters. The van der Waals surface area contributed by atoms with E-state index in [1.54, 1.807) is 24.3 Å². The van der Waals surface area contributed by atoms with E-state index < -0.39 is 20.0 Å². The van der Waals surface area contributed by atoms with Crippen molar-refractivity contribution < 1.29 is 22.7 Å². The lowest BCUT2D eigenvalue weighted by Crippen LogP contribution is -2.43. The molecule has 0 bridgehead atoms. The van der Waals surface area contributed by atoms with E-state index in [0.29, 0.717) is 54.9 Å². The van der Waals surface area contributed by atoms with Gasteiger partial charge in [-0.25, -0.2) is 8.42 Å². The number of halogens is 1. The summed E-state index contributed by atoms with van der Waals surface area (Å²) < 4.78 is 38.6. The van der Waals surface area contributed by atoms with Gasteiger partial charge in [0.05, 0.1) is 16.0 Å². The zero-order valence-corrected chi connectivity index (χ0v) is 21.1. The highest BCUT2D eigenvalue weighted by Gasteiger charge is 2.48. The molecular weight excluding hydrogens is 474 g/mol. The molecule has 0 N–H and O–H groups in total. The van der Waals surface area contributed by atoms with Gasteiger partial charge in [0, 0.05) is 24.8 Å². The van der Waals surface area contributed by atoms with Gasteiger partial charge in [0.15, 0.2) is 9.84 Å². The summed E-state index contributed by atoms with van der Waals surface area (Å²) >= 11 is 6.02. The molecule has 3 aliphatic rings. The van der Waals surface area contributed by atoms with Gasteiger partial charge in [0.1, 0.15) is 17.1 Å². The average Bonchev–Trinajstić information content (AvgIpc) is 3.66. The van der Waals surface area contributed by atoms with Gasteiger partial charge in [0.25, 0.3) is 0 Å². The van der Waals surface area contributed by atoms with E-state index in [9.17, 15) is 13.2 Å². The lowest BCUT2D eigenvalue weighted by Gasteiger charge is -2.37. The number of amides is 1. The van der Waals surface area contributed by atoms with Gasteiger partial charge in [-0.3, -0.25) is 4.79 Å². The number of carbonyl (C=O) groups excluding carboxylic acids is 1. The minimum Gasteiger partial charge on any atom is -0.490 e. The van der Waals surface area contributed by atoms with Crippen molar-refractivity contribution in [2.75, 3.05) is 31.3 Å². The maximum absolute atomic E-state index is 14.0. The Balaban J connectivity index is 1.61. The first-order chi connectivity index (χ1) is 16.1. The van der Waals surface area contributed by atoms with Crippen LogP contribution >= 0.6 is 11.6 Å². The summed E-state index contributed by atoms with van der Waals surface area (Å²) in [5, 5.41) is 0.487. The standard InChI is InChI=1S/C26H30ClNO5S/c1-25(2)17-33-23-15-19(5-10-22(23)28(24(25)29)16-18-3-4-18)26(11-13-32-14-12-26)34(30,31)21-8-6-20(27)7-9-21/h5-10,15,18H,3-4,11-14,16-17H2,1-2H3. The Labute approximate surface area is 206 Å². The van der Waals surface area contributed by atoms with Crippen molar-refractivity contribution in [3.05, 3.63) is 53.1 Å². The van der Waals surface area contributed by atoms with Gasteiger partial charge in [-0.2, -0.15) is 0 Å². The number of rotatable bonds is 5. The highest BCUT2D eigenvalue weighted by atomic mass is 35.5. The number of nitrogens with zero attached hydrogens (tertiary/aromatic N) is 1. The van der Waals surface area contributed by atoms with Crippen molar-refractivity contribution in [3.8, 4) is 5.75 Å². The van der Waals surface area contributed by atoms with Crippen LogP contribution < -0.4 is 9.64 Å². The normalized spacial score (nSPS) is 22.0. The number of anilines is 1. The minimum absolute atomic E-state index is 0.0421. The third-order valence-corrected chi connectivity index (χ3v) is 10.1. The topological polar surface area (TPSA) is 72.9 Å². The van der Waals surface area contributed by atoms with Crippen molar-refractivity contribution in [1.29, 1.82) is 0 Å². The van der Waals surface area contributed by atoms with Gasteiger partial charge in [-0.05, 0) is 87.4 Å². The summed E-state index contributed by atoms with van der Waals surface area (Å²) in [5.41, 5.74) is 0.722. The Morgan fingerprint density at radius 3 is 2.38 bits per heavy atom. The molecule has 8 heteroatoms. The molecule has 2 heterocycles. The first-order valence-corrected chi connectivity index (χ1v) is 13.7. The van der Waals surface area contributed by atoms with Crippen LogP contribution in [0, 0.1) is 11.3 Å². The molecule has 0 spiro atoms. The van der Waals surface area contributed by atoms with Gasteiger partial charge in [-0.15, -0.1) is 0 Å². The molecule has 6 nitrogen and oxygen atoms in total. The largest absolute Gasteiger partial charge is 0.490 e. The number of fused-ring (bicyclic) bond motifs is 1. The molecule has 0 aromatic heterocycles. The summed E-state index contributed by atoms with van der Waals surface area (Å²) in [6.45, 7) is 5.40. The van der Waals surface area contributed by atoms with Crippen molar-refractivity contribution in [2.24, 2.45) is 11.3 Å². The molecule has 2 fully saturated rings. The number of hydrogen-bond acceptors (Lipinski definition) is 5. The molecule has 5 rings (SSSR count). The number of ether oxygens (including phenoxy) is 2. The summed E-state index contributed by atoms with van der Waals surface area (Å²) in [5.74, 6) is 1.12. The number of sulfone groups is 1. The van der Waals surface area contributed by atoms with Crippen molar-refractivity contribution in [1.82, 2.24) is 0 Å². The van der Waals surface area contributed by atoms with E-state index in [-0.39, 0.29) is 17.4 Å². The minimum atomic E-state index is -3.76. The van der Waals surface area contributed by atoms with Crippen LogP contribution in [0.4, 0.5) is 5.69 Å². The highest BCUT2D eigenvalue weighted by Crippen LogP contribution is 2.47. The predicted molar refractivity (Wildman–Crippen MR) is 131 cm³/mol. The monoisotopic (exact) mass is 503 g/mol. The van der Waals surface area contributed by atoms with Gasteiger partial charge in [-0.1, -0.05) is 17.7 Å². The van der Waals surface area contributed by atoms with E-state index in [2.05, 4.69) is 0 Å². The molecule has 1 saturated carbocycles. The van der Waals surface area contributed by atoms with Gasteiger partial charge < -0.3 is 14.4 Å². The molecule has 0 atom stereocenters. The third kappa shape index (κ3) is 4.01. The Hall–Kier alpha value is -2.09. The van der Waals surface area contributed by atoms with Crippen molar-refractivity contribution in [2.45, 2.75) is 49.2 Å². The molecule has 2 aliphatic heterocycles. The molecule has 182 valence electrons. The molecule has 1 aliphatic carbocycles. The Kier molecular flexibility index (Phi) is 5.94. The molecule has 34 heavy (non-hydrogen) atoms. The number of hydrogen-bond donors (Lipinski definition) is 0. The lowest BCUT2D eigenvalue weighted by atomic mass is 9.90. The molecule has 1 amide bonds. The quantitative estimate of drug-likeness (QED) is 0.575. The van der Waals surface area contributed by atoms with Crippen LogP contribution in [0.5, 0.6) is 5.75 Å². The van der Waals surface area contributed by atoms with Crippen LogP contribution in [0.1, 0.15) is 45.1 Å². The van der Waals surface area contributed by atoms with Crippen molar-refractivity contribution >= 4 is 33.0 Å².